The van der Waals surface area contributed by atoms with E-state index in [0.29, 0.717) is 17.8 Å². The molecular weight excluding hydrogens is 240 g/mol. The van der Waals surface area contributed by atoms with Crippen LogP contribution in [-0.4, -0.2) is 52.9 Å². The van der Waals surface area contributed by atoms with E-state index in [2.05, 4.69) is 23.7 Å². The van der Waals surface area contributed by atoms with Gasteiger partial charge in [-0.1, -0.05) is 13.8 Å². The number of aliphatic imine (C=N–C) groups is 1. The van der Waals surface area contributed by atoms with Gasteiger partial charge in [0.2, 0.25) is 0 Å². The van der Waals surface area contributed by atoms with Crippen molar-refractivity contribution in [2.45, 2.75) is 51.1 Å². The second kappa shape index (κ2) is 4.47. The van der Waals surface area contributed by atoms with Crippen LogP contribution in [0.5, 0.6) is 0 Å². The minimum Gasteiger partial charge on any atom is -0.385 e. The highest BCUT2D eigenvalue weighted by Crippen LogP contribution is 2.42. The van der Waals surface area contributed by atoms with Gasteiger partial charge in [-0.15, -0.1) is 0 Å². The number of urea groups is 1. The summed E-state index contributed by atoms with van der Waals surface area (Å²) in [5.74, 6) is 1.25. The maximum atomic E-state index is 12.0. The van der Waals surface area contributed by atoms with E-state index in [1.165, 1.54) is 0 Å². The number of amides is 2. The van der Waals surface area contributed by atoms with Gasteiger partial charge in [0.05, 0.1) is 0 Å². The average Bonchev–Trinajstić information content (AvgIpc) is 3.12. The van der Waals surface area contributed by atoms with Crippen molar-refractivity contribution in [2.24, 2.45) is 16.6 Å². The number of nitrogens with zero attached hydrogens (tertiary/aromatic N) is 3. The molecule has 3 aliphatic rings. The summed E-state index contributed by atoms with van der Waals surface area (Å²) in [7, 11) is 0. The number of carbonyl (C=O) groups is 1. The Morgan fingerprint density at radius 2 is 2.00 bits per heavy atom. The molecule has 2 heterocycles. The van der Waals surface area contributed by atoms with Gasteiger partial charge in [0.15, 0.2) is 0 Å². The first-order valence-corrected chi connectivity index (χ1v) is 7.43. The van der Waals surface area contributed by atoms with E-state index < -0.39 is 0 Å². The SMILES string of the molecule is CC(C)CN1CCC2(CC1)C(N)=NC(=O)N2C1CC1. The Balaban J connectivity index is 1.73. The van der Waals surface area contributed by atoms with E-state index in [0.717, 1.165) is 45.3 Å². The molecule has 0 aromatic carbocycles. The fourth-order valence-electron chi connectivity index (χ4n) is 3.52. The molecule has 1 spiro atoms. The molecule has 3 rings (SSSR count). The Labute approximate surface area is 114 Å². The molecule has 19 heavy (non-hydrogen) atoms. The molecule has 5 nitrogen and oxygen atoms in total. The minimum absolute atomic E-state index is 0.0997. The van der Waals surface area contributed by atoms with E-state index in [9.17, 15) is 4.79 Å². The normalized spacial score (nSPS) is 27.4. The smallest absolute Gasteiger partial charge is 0.346 e. The molecule has 2 aliphatic heterocycles. The number of nitrogens with two attached hydrogens (primary N) is 1. The van der Waals surface area contributed by atoms with Crippen molar-refractivity contribution in [3.63, 3.8) is 0 Å². The predicted molar refractivity (Wildman–Crippen MR) is 75.1 cm³/mol. The molecule has 2 fully saturated rings. The van der Waals surface area contributed by atoms with E-state index in [1.807, 2.05) is 4.90 Å². The monoisotopic (exact) mass is 264 g/mol. The number of rotatable bonds is 3. The van der Waals surface area contributed by atoms with Crippen LogP contribution in [0.4, 0.5) is 4.79 Å². The van der Waals surface area contributed by atoms with Gasteiger partial charge in [-0.3, -0.25) is 0 Å². The molecule has 1 aliphatic carbocycles. The molecule has 2 N–H and O–H groups in total. The molecule has 5 heteroatoms. The topological polar surface area (TPSA) is 61.9 Å². The Hall–Kier alpha value is -1.10. The first-order valence-electron chi connectivity index (χ1n) is 7.43. The van der Waals surface area contributed by atoms with Crippen molar-refractivity contribution in [3.8, 4) is 0 Å². The van der Waals surface area contributed by atoms with Gasteiger partial charge in [-0.2, -0.15) is 4.99 Å². The first kappa shape index (κ1) is 12.9. The molecule has 0 radical (unpaired) electrons. The molecule has 0 aromatic rings. The lowest BCUT2D eigenvalue weighted by Crippen LogP contribution is -2.60. The predicted octanol–water partition coefficient (Wildman–Crippen LogP) is 1.43. The Bertz CT molecular complexity index is 406. The molecule has 1 saturated heterocycles. The quantitative estimate of drug-likeness (QED) is 0.839. The lowest BCUT2D eigenvalue weighted by atomic mass is 9.85. The van der Waals surface area contributed by atoms with Gasteiger partial charge in [0.1, 0.15) is 11.4 Å². The van der Waals surface area contributed by atoms with Gasteiger partial charge in [-0.05, 0) is 31.6 Å². The van der Waals surface area contributed by atoms with Crippen LogP contribution < -0.4 is 5.73 Å². The van der Waals surface area contributed by atoms with Crippen LogP contribution in [0.25, 0.3) is 0 Å². The Kier molecular flexibility index (Phi) is 3.04. The molecular formula is C14H24N4O. The average molecular weight is 264 g/mol. The fourth-order valence-corrected chi connectivity index (χ4v) is 3.52. The maximum absolute atomic E-state index is 12.0. The second-order valence-corrected chi connectivity index (χ2v) is 6.61. The van der Waals surface area contributed by atoms with Crippen molar-refractivity contribution >= 4 is 11.9 Å². The van der Waals surface area contributed by atoms with Crippen LogP contribution in [0.3, 0.4) is 0 Å². The van der Waals surface area contributed by atoms with Crippen molar-refractivity contribution in [1.29, 1.82) is 0 Å². The minimum atomic E-state index is -0.258. The number of piperidine rings is 1. The van der Waals surface area contributed by atoms with Crippen LogP contribution in [0, 0.1) is 5.92 Å². The summed E-state index contributed by atoms with van der Waals surface area (Å²) in [6.07, 6.45) is 4.12. The molecule has 0 bridgehead atoms. The second-order valence-electron chi connectivity index (χ2n) is 6.61. The fraction of sp³-hybridized carbons (Fsp3) is 0.857. The number of likely N-dealkylation sites (tertiary alicyclic amines) is 1. The highest BCUT2D eigenvalue weighted by atomic mass is 16.2. The zero-order chi connectivity index (χ0) is 13.6. The standard InChI is InChI=1S/C14H24N4O/c1-10(2)9-17-7-5-14(6-8-17)12(15)16-13(19)18(14)11-3-4-11/h10-11H,3-9H2,1-2H3,(H2,15,16,19). The van der Waals surface area contributed by atoms with E-state index in [4.69, 9.17) is 5.73 Å². The summed E-state index contributed by atoms with van der Waals surface area (Å²) < 4.78 is 0. The van der Waals surface area contributed by atoms with Crippen molar-refractivity contribution in [1.82, 2.24) is 9.80 Å². The zero-order valence-corrected chi connectivity index (χ0v) is 11.9. The van der Waals surface area contributed by atoms with E-state index in [-0.39, 0.29) is 11.6 Å². The third-order valence-corrected chi connectivity index (χ3v) is 4.58. The van der Waals surface area contributed by atoms with Crippen LogP contribution in [0.2, 0.25) is 0 Å². The summed E-state index contributed by atoms with van der Waals surface area (Å²) in [6, 6.07) is 0.297. The van der Waals surface area contributed by atoms with Gasteiger partial charge < -0.3 is 15.5 Å². The summed E-state index contributed by atoms with van der Waals surface area (Å²) in [4.78, 5) is 20.6. The molecule has 106 valence electrons. The summed E-state index contributed by atoms with van der Waals surface area (Å²) in [5, 5.41) is 0. The van der Waals surface area contributed by atoms with Gasteiger partial charge in [0.25, 0.3) is 0 Å². The van der Waals surface area contributed by atoms with Crippen LogP contribution in [0.15, 0.2) is 4.99 Å². The number of amidine groups is 1. The zero-order valence-electron chi connectivity index (χ0n) is 11.9. The number of carbonyl (C=O) groups excluding carboxylic acids is 1. The maximum Gasteiger partial charge on any atom is 0.346 e. The number of hydrogen-bond acceptors (Lipinski definition) is 3. The largest absolute Gasteiger partial charge is 0.385 e. The van der Waals surface area contributed by atoms with Crippen LogP contribution >= 0.6 is 0 Å². The van der Waals surface area contributed by atoms with Crippen molar-refractivity contribution < 1.29 is 4.79 Å². The summed E-state index contributed by atoms with van der Waals surface area (Å²) in [5.41, 5.74) is 5.85. The highest BCUT2D eigenvalue weighted by Gasteiger charge is 2.54. The van der Waals surface area contributed by atoms with Crippen LogP contribution in [0.1, 0.15) is 39.5 Å². The number of hydrogen-bond donors (Lipinski definition) is 1. The summed E-state index contributed by atoms with van der Waals surface area (Å²) in [6.45, 7) is 7.66. The van der Waals surface area contributed by atoms with Crippen molar-refractivity contribution in [2.75, 3.05) is 19.6 Å². The summed E-state index contributed by atoms with van der Waals surface area (Å²) >= 11 is 0. The van der Waals surface area contributed by atoms with Crippen LogP contribution in [-0.2, 0) is 0 Å². The first-order chi connectivity index (χ1) is 9.03. The van der Waals surface area contributed by atoms with Gasteiger partial charge in [0, 0.05) is 25.7 Å². The lowest BCUT2D eigenvalue weighted by Gasteiger charge is -2.44. The third kappa shape index (κ3) is 2.14. The molecule has 0 atom stereocenters. The third-order valence-electron chi connectivity index (χ3n) is 4.58. The Morgan fingerprint density at radius 3 is 2.53 bits per heavy atom. The molecule has 2 amide bonds. The molecule has 1 saturated carbocycles. The molecule has 0 unspecified atom stereocenters. The van der Waals surface area contributed by atoms with E-state index >= 15 is 0 Å². The highest BCUT2D eigenvalue weighted by molar-refractivity contribution is 6.06. The van der Waals surface area contributed by atoms with Gasteiger partial charge in [-0.25, -0.2) is 4.79 Å². The molecule has 0 aromatic heterocycles. The lowest BCUT2D eigenvalue weighted by molar-refractivity contribution is 0.0906. The Morgan fingerprint density at radius 1 is 1.37 bits per heavy atom. The van der Waals surface area contributed by atoms with Gasteiger partial charge >= 0.3 is 6.03 Å². The van der Waals surface area contributed by atoms with E-state index in [1.54, 1.807) is 0 Å². The van der Waals surface area contributed by atoms with Crippen molar-refractivity contribution in [3.05, 3.63) is 0 Å².